The van der Waals surface area contributed by atoms with Gasteiger partial charge in [0.05, 0.1) is 0 Å². The number of nitrogens with zero attached hydrogens (tertiary/aromatic N) is 1. The molecule has 32 heavy (non-hydrogen) atoms. The predicted octanol–water partition coefficient (Wildman–Crippen LogP) is 10.4. The van der Waals surface area contributed by atoms with Crippen LogP contribution in [0.5, 0.6) is 0 Å². The molecule has 0 aliphatic heterocycles. The fourth-order valence-corrected chi connectivity index (χ4v) is 4.25. The number of likely N-dealkylation sites (N-methyl/N-ethyl adjacent to an activating group) is 1. The van der Waals surface area contributed by atoms with E-state index >= 15 is 0 Å². The second-order valence-corrected chi connectivity index (χ2v) is 9.89. The van der Waals surface area contributed by atoms with Crippen LogP contribution < -0.4 is 0 Å². The van der Waals surface area contributed by atoms with E-state index in [9.17, 15) is 0 Å². The van der Waals surface area contributed by atoms with Crippen molar-refractivity contribution in [3.63, 3.8) is 0 Å². The van der Waals surface area contributed by atoms with Gasteiger partial charge in [0.25, 0.3) is 0 Å². The SMILES string of the molecule is C/C=C/CCCCCCC(/C=C/CCCCCCC/C=C/CCCCCCCC)N(C)C. The maximum Gasteiger partial charge on any atom is 0.0272 e. The van der Waals surface area contributed by atoms with Crippen molar-refractivity contribution in [1.29, 1.82) is 0 Å². The molecule has 0 fully saturated rings. The van der Waals surface area contributed by atoms with Crippen molar-refractivity contribution in [2.24, 2.45) is 0 Å². The van der Waals surface area contributed by atoms with Crippen LogP contribution in [0.2, 0.25) is 0 Å². The van der Waals surface area contributed by atoms with Gasteiger partial charge in [0.1, 0.15) is 0 Å². The van der Waals surface area contributed by atoms with Crippen LogP contribution in [0.15, 0.2) is 36.5 Å². The highest BCUT2D eigenvalue weighted by Gasteiger charge is 2.06. The first-order valence-corrected chi connectivity index (χ1v) is 14.3. The second-order valence-electron chi connectivity index (χ2n) is 9.89. The Morgan fingerprint density at radius 2 is 0.969 bits per heavy atom. The molecule has 0 heterocycles. The van der Waals surface area contributed by atoms with Crippen LogP contribution in [0.4, 0.5) is 0 Å². The average molecular weight is 446 g/mol. The molecule has 0 amide bonds. The first kappa shape index (κ1) is 31.2. The molecule has 0 spiro atoms. The molecule has 0 aliphatic rings. The van der Waals surface area contributed by atoms with Gasteiger partial charge in [-0.3, -0.25) is 0 Å². The first-order chi connectivity index (χ1) is 15.7. The lowest BCUT2D eigenvalue weighted by Crippen LogP contribution is -2.25. The van der Waals surface area contributed by atoms with E-state index in [1.165, 1.54) is 128 Å². The summed E-state index contributed by atoms with van der Waals surface area (Å²) in [6, 6.07) is 0.619. The summed E-state index contributed by atoms with van der Waals surface area (Å²) in [6.07, 6.45) is 41.5. The molecule has 0 saturated carbocycles. The smallest absolute Gasteiger partial charge is 0.0272 e. The zero-order valence-electron chi connectivity index (χ0n) is 22.6. The summed E-state index contributed by atoms with van der Waals surface area (Å²) in [4.78, 5) is 2.39. The van der Waals surface area contributed by atoms with Crippen LogP contribution in [0.25, 0.3) is 0 Å². The van der Waals surface area contributed by atoms with E-state index in [0.29, 0.717) is 6.04 Å². The monoisotopic (exact) mass is 445 g/mol. The Morgan fingerprint density at radius 1 is 0.531 bits per heavy atom. The van der Waals surface area contributed by atoms with Crippen molar-refractivity contribution in [2.45, 2.75) is 148 Å². The number of rotatable bonds is 24. The molecule has 188 valence electrons. The molecule has 1 unspecified atom stereocenters. The van der Waals surface area contributed by atoms with E-state index in [2.05, 4.69) is 69.3 Å². The third-order valence-corrected chi connectivity index (χ3v) is 6.51. The Balaban J connectivity index is 3.52. The maximum atomic E-state index is 2.47. The number of unbranched alkanes of at least 4 members (excludes halogenated alkanes) is 16. The maximum absolute atomic E-state index is 2.47. The van der Waals surface area contributed by atoms with Crippen molar-refractivity contribution >= 4 is 0 Å². The molecule has 1 heteroatoms. The van der Waals surface area contributed by atoms with Gasteiger partial charge in [-0.2, -0.15) is 0 Å². The number of allylic oxidation sites excluding steroid dienone is 5. The van der Waals surface area contributed by atoms with Crippen LogP contribution >= 0.6 is 0 Å². The molecule has 0 aliphatic carbocycles. The van der Waals surface area contributed by atoms with E-state index < -0.39 is 0 Å². The van der Waals surface area contributed by atoms with Gasteiger partial charge in [-0.1, -0.05) is 114 Å². The minimum absolute atomic E-state index is 0.619. The Morgan fingerprint density at radius 3 is 1.47 bits per heavy atom. The minimum Gasteiger partial charge on any atom is -0.303 e. The lowest BCUT2D eigenvalue weighted by molar-refractivity contribution is 0.319. The van der Waals surface area contributed by atoms with E-state index in [-0.39, 0.29) is 0 Å². The summed E-state index contributed by atoms with van der Waals surface area (Å²) in [5.41, 5.74) is 0. The van der Waals surface area contributed by atoms with Crippen LogP contribution in [-0.4, -0.2) is 25.0 Å². The summed E-state index contributed by atoms with van der Waals surface area (Å²) >= 11 is 0. The largest absolute Gasteiger partial charge is 0.303 e. The molecular weight excluding hydrogens is 386 g/mol. The highest BCUT2D eigenvalue weighted by atomic mass is 15.1. The highest BCUT2D eigenvalue weighted by molar-refractivity contribution is 4.93. The van der Waals surface area contributed by atoms with Gasteiger partial charge in [0.15, 0.2) is 0 Å². The number of hydrogen-bond acceptors (Lipinski definition) is 1. The van der Waals surface area contributed by atoms with Gasteiger partial charge in [-0.25, -0.2) is 0 Å². The molecule has 0 aromatic heterocycles. The molecular formula is C31H59N. The van der Waals surface area contributed by atoms with Gasteiger partial charge in [-0.15, -0.1) is 0 Å². The van der Waals surface area contributed by atoms with Crippen molar-refractivity contribution in [1.82, 2.24) is 4.90 Å². The topological polar surface area (TPSA) is 3.24 Å². The summed E-state index contributed by atoms with van der Waals surface area (Å²) in [5, 5.41) is 0. The Labute approximate surface area is 203 Å². The Kier molecular flexibility index (Phi) is 25.8. The zero-order valence-corrected chi connectivity index (χ0v) is 22.6. The average Bonchev–Trinajstić information content (AvgIpc) is 2.78. The van der Waals surface area contributed by atoms with Crippen LogP contribution in [-0.2, 0) is 0 Å². The third-order valence-electron chi connectivity index (χ3n) is 6.51. The highest BCUT2D eigenvalue weighted by Crippen LogP contribution is 2.13. The Hall–Kier alpha value is -0.820. The van der Waals surface area contributed by atoms with Gasteiger partial charge >= 0.3 is 0 Å². The molecule has 0 aromatic rings. The molecule has 0 aromatic carbocycles. The van der Waals surface area contributed by atoms with Crippen molar-refractivity contribution in [2.75, 3.05) is 14.1 Å². The van der Waals surface area contributed by atoms with Crippen LogP contribution in [0.3, 0.4) is 0 Å². The second kappa shape index (κ2) is 26.4. The molecule has 0 rings (SSSR count). The minimum atomic E-state index is 0.619. The van der Waals surface area contributed by atoms with Crippen LogP contribution in [0.1, 0.15) is 142 Å². The lowest BCUT2D eigenvalue weighted by Gasteiger charge is -2.21. The first-order valence-electron chi connectivity index (χ1n) is 14.3. The third kappa shape index (κ3) is 23.8. The molecule has 0 radical (unpaired) electrons. The lowest BCUT2D eigenvalue weighted by atomic mass is 10.0. The summed E-state index contributed by atoms with van der Waals surface area (Å²) in [7, 11) is 4.45. The summed E-state index contributed by atoms with van der Waals surface area (Å²) < 4.78 is 0. The fraction of sp³-hybridized carbons (Fsp3) is 0.806. The van der Waals surface area contributed by atoms with Crippen molar-refractivity contribution < 1.29 is 0 Å². The van der Waals surface area contributed by atoms with E-state index in [4.69, 9.17) is 0 Å². The quantitative estimate of drug-likeness (QED) is 0.105. The standard InChI is InChI=1S/C31H59N/c1-5-7-9-11-13-14-15-16-17-18-19-20-21-22-24-26-28-30-31(32(3)4)29-27-25-23-12-10-8-6-2/h6,8,16-17,28,30-31H,5,7,9-15,18-27,29H2,1-4H3/b8-6+,17-16+,30-28+. The predicted molar refractivity (Wildman–Crippen MR) is 149 cm³/mol. The molecule has 0 bridgehead atoms. The summed E-state index contributed by atoms with van der Waals surface area (Å²) in [6.45, 7) is 4.41. The zero-order chi connectivity index (χ0) is 23.5. The van der Waals surface area contributed by atoms with Crippen molar-refractivity contribution in [3.8, 4) is 0 Å². The van der Waals surface area contributed by atoms with Gasteiger partial charge in [-0.05, 0) is 78.8 Å². The molecule has 1 atom stereocenters. The van der Waals surface area contributed by atoms with Gasteiger partial charge < -0.3 is 4.90 Å². The van der Waals surface area contributed by atoms with E-state index in [0.717, 1.165) is 0 Å². The molecule has 0 N–H and O–H groups in total. The summed E-state index contributed by atoms with van der Waals surface area (Å²) in [5.74, 6) is 0. The van der Waals surface area contributed by atoms with Gasteiger partial charge in [0, 0.05) is 6.04 Å². The Bertz CT molecular complexity index is 432. The number of hydrogen-bond donors (Lipinski definition) is 0. The molecule has 1 nitrogen and oxygen atoms in total. The fourth-order valence-electron chi connectivity index (χ4n) is 4.25. The van der Waals surface area contributed by atoms with Crippen LogP contribution in [0, 0.1) is 0 Å². The van der Waals surface area contributed by atoms with E-state index in [1.807, 2.05) is 0 Å². The van der Waals surface area contributed by atoms with E-state index in [1.54, 1.807) is 0 Å². The van der Waals surface area contributed by atoms with Gasteiger partial charge in [0.2, 0.25) is 0 Å². The molecule has 0 saturated heterocycles. The van der Waals surface area contributed by atoms with Crippen molar-refractivity contribution in [3.05, 3.63) is 36.5 Å². The normalized spacial score (nSPS) is 13.4.